The fraction of sp³-hybridized carbons (Fsp3) is 0.321. The van der Waals surface area contributed by atoms with Gasteiger partial charge in [0, 0.05) is 51.8 Å². The molecule has 6 aromatic carbocycles. The van der Waals surface area contributed by atoms with Crippen LogP contribution in [0.3, 0.4) is 0 Å². The first kappa shape index (κ1) is 36.8. The van der Waals surface area contributed by atoms with E-state index in [0.717, 1.165) is 84.0 Å². The molecule has 10 rings (SSSR count). The molecule has 1 spiro atoms. The lowest BCUT2D eigenvalue weighted by Crippen LogP contribution is -2.44. The summed E-state index contributed by atoms with van der Waals surface area (Å²) in [5.41, 5.74) is 11.4. The monoisotopic (exact) mass is 767 g/mol. The van der Waals surface area contributed by atoms with Crippen LogP contribution in [0.25, 0.3) is 39.1 Å². The van der Waals surface area contributed by atoms with Gasteiger partial charge in [0.15, 0.2) is 5.60 Å². The van der Waals surface area contributed by atoms with Crippen molar-refractivity contribution < 1.29 is 18.9 Å². The first-order chi connectivity index (χ1) is 28.0. The van der Waals surface area contributed by atoms with Crippen molar-refractivity contribution in [2.75, 3.05) is 45.4 Å². The van der Waals surface area contributed by atoms with Gasteiger partial charge in [-0.3, -0.25) is 0 Å². The van der Waals surface area contributed by atoms with Crippen LogP contribution in [0.1, 0.15) is 74.8 Å². The number of anilines is 1. The Balaban J connectivity index is 1.27. The average molecular weight is 768 g/mol. The maximum absolute atomic E-state index is 7.84. The molecule has 1 atom stereocenters. The Kier molecular flexibility index (Phi) is 8.58. The summed E-state index contributed by atoms with van der Waals surface area (Å²) in [6.07, 6.45) is 8.05. The van der Waals surface area contributed by atoms with E-state index in [1.807, 2.05) is 12.1 Å². The SMILES string of the molecule is COc1ccc(-c2cc3c4c(c5c(c3cc2OC)OC(c2ccccc2)(c2ccc(N3CCOCC3)cc2)C=C5)C2(CC(C)(C)CC(C)(C)C2)c2ccccc2-4)cc1. The molecule has 0 radical (unpaired) electrons. The van der Waals surface area contributed by atoms with E-state index in [9.17, 15) is 0 Å². The topological polar surface area (TPSA) is 40.2 Å². The molecule has 1 saturated heterocycles. The molecule has 0 aromatic heterocycles. The van der Waals surface area contributed by atoms with E-state index in [-0.39, 0.29) is 16.2 Å². The third-order valence-corrected chi connectivity index (χ3v) is 13.3. The van der Waals surface area contributed by atoms with Crippen LogP contribution in [0.2, 0.25) is 0 Å². The van der Waals surface area contributed by atoms with Gasteiger partial charge in [0.25, 0.3) is 0 Å². The third-order valence-electron chi connectivity index (χ3n) is 13.3. The molecular weight excluding hydrogens is 715 g/mol. The third kappa shape index (κ3) is 5.76. The fourth-order valence-corrected chi connectivity index (χ4v) is 11.8. The van der Waals surface area contributed by atoms with Gasteiger partial charge in [0.1, 0.15) is 17.2 Å². The van der Waals surface area contributed by atoms with E-state index in [0.29, 0.717) is 0 Å². The highest BCUT2D eigenvalue weighted by molar-refractivity contribution is 6.10. The quantitative estimate of drug-likeness (QED) is 0.169. The maximum Gasteiger partial charge on any atom is 0.178 e. The number of hydrogen-bond donors (Lipinski definition) is 0. The van der Waals surface area contributed by atoms with Crippen molar-refractivity contribution in [3.8, 4) is 39.5 Å². The number of ether oxygens (including phenoxy) is 4. The number of fused-ring (bicyclic) bond motifs is 10. The number of rotatable bonds is 6. The number of benzene rings is 6. The van der Waals surface area contributed by atoms with Gasteiger partial charge in [-0.1, -0.05) is 113 Å². The van der Waals surface area contributed by atoms with Crippen LogP contribution in [0.4, 0.5) is 5.69 Å². The molecule has 0 bridgehead atoms. The molecule has 2 aliphatic carbocycles. The molecule has 1 unspecified atom stereocenters. The fourth-order valence-electron chi connectivity index (χ4n) is 11.8. The number of hydrogen-bond acceptors (Lipinski definition) is 5. The van der Waals surface area contributed by atoms with Crippen LogP contribution < -0.4 is 19.1 Å². The van der Waals surface area contributed by atoms with Crippen molar-refractivity contribution in [2.45, 2.75) is 58.0 Å². The Bertz CT molecular complexity index is 2550. The van der Waals surface area contributed by atoms with Crippen molar-refractivity contribution in [1.29, 1.82) is 0 Å². The van der Waals surface area contributed by atoms with Crippen molar-refractivity contribution in [1.82, 2.24) is 0 Å². The van der Waals surface area contributed by atoms with Crippen molar-refractivity contribution in [3.63, 3.8) is 0 Å². The maximum atomic E-state index is 7.84. The van der Waals surface area contributed by atoms with Crippen LogP contribution in [0.15, 0.2) is 121 Å². The van der Waals surface area contributed by atoms with Crippen LogP contribution in [-0.4, -0.2) is 40.5 Å². The predicted molar refractivity (Wildman–Crippen MR) is 236 cm³/mol. The Labute approximate surface area is 343 Å². The summed E-state index contributed by atoms with van der Waals surface area (Å²) in [6.45, 7) is 13.2. The molecule has 5 nitrogen and oxygen atoms in total. The predicted octanol–water partition coefficient (Wildman–Crippen LogP) is 12.2. The summed E-state index contributed by atoms with van der Waals surface area (Å²) in [5, 5.41) is 2.24. The summed E-state index contributed by atoms with van der Waals surface area (Å²) in [6, 6.07) is 41.9. The van der Waals surface area contributed by atoms with E-state index in [1.165, 1.54) is 45.3 Å². The Morgan fingerprint density at radius 1 is 0.638 bits per heavy atom. The van der Waals surface area contributed by atoms with Crippen LogP contribution in [0, 0.1) is 10.8 Å². The highest BCUT2D eigenvalue weighted by Gasteiger charge is 2.55. The van der Waals surface area contributed by atoms with E-state index in [4.69, 9.17) is 18.9 Å². The number of methoxy groups -OCH3 is 2. The van der Waals surface area contributed by atoms with Gasteiger partial charge >= 0.3 is 0 Å². The molecule has 4 aliphatic rings. The second-order valence-electron chi connectivity index (χ2n) is 18.5. The summed E-state index contributed by atoms with van der Waals surface area (Å²) in [5.74, 6) is 2.54. The van der Waals surface area contributed by atoms with Crippen LogP contribution in [0.5, 0.6) is 17.2 Å². The van der Waals surface area contributed by atoms with Gasteiger partial charge in [0.2, 0.25) is 0 Å². The molecule has 2 fully saturated rings. The first-order valence-corrected chi connectivity index (χ1v) is 20.9. The Morgan fingerprint density at radius 2 is 1.31 bits per heavy atom. The van der Waals surface area contributed by atoms with E-state index in [1.54, 1.807) is 14.2 Å². The van der Waals surface area contributed by atoms with Crippen molar-refractivity contribution in [2.24, 2.45) is 10.8 Å². The molecule has 294 valence electrons. The molecule has 5 heteroatoms. The standard InChI is InChI=1S/C53H53NO4/c1-50(2)32-51(3,4)34-52(33-50)45-15-11-10-14-40(45)47-43-30-42(35-16-22-39(55-5)23-17-35)46(56-6)31-44(43)49-41(48(47)52)24-25-53(58-49,36-12-8-7-9-13-36)37-18-20-38(21-19-37)54-26-28-57-29-27-54/h7-25,30-31H,26-29,32-34H2,1-6H3. The lowest BCUT2D eigenvalue weighted by Gasteiger charge is -2.52. The molecule has 58 heavy (non-hydrogen) atoms. The molecule has 1 saturated carbocycles. The first-order valence-electron chi connectivity index (χ1n) is 20.9. The van der Waals surface area contributed by atoms with Gasteiger partial charge in [0.05, 0.1) is 27.4 Å². The number of morpholine rings is 1. The highest BCUT2D eigenvalue weighted by Crippen LogP contribution is 2.67. The average Bonchev–Trinajstić information content (AvgIpc) is 3.50. The summed E-state index contributed by atoms with van der Waals surface area (Å²) in [4.78, 5) is 2.41. The lowest BCUT2D eigenvalue weighted by molar-refractivity contribution is 0.0642. The van der Waals surface area contributed by atoms with E-state index < -0.39 is 5.60 Å². The minimum atomic E-state index is -0.870. The molecular formula is C53H53NO4. The second-order valence-corrected chi connectivity index (χ2v) is 18.5. The van der Waals surface area contributed by atoms with E-state index >= 15 is 0 Å². The van der Waals surface area contributed by atoms with Crippen LogP contribution in [-0.2, 0) is 15.8 Å². The van der Waals surface area contributed by atoms with Gasteiger partial charge in [-0.05, 0) is 106 Å². The largest absolute Gasteiger partial charge is 0.497 e. The minimum Gasteiger partial charge on any atom is -0.497 e. The zero-order valence-electron chi connectivity index (χ0n) is 34.7. The Hall–Kier alpha value is -5.52. The van der Waals surface area contributed by atoms with Gasteiger partial charge in [-0.15, -0.1) is 0 Å². The zero-order chi connectivity index (χ0) is 39.9. The van der Waals surface area contributed by atoms with E-state index in [2.05, 4.69) is 148 Å². The summed E-state index contributed by atoms with van der Waals surface area (Å²) >= 11 is 0. The number of nitrogens with zero attached hydrogens (tertiary/aromatic N) is 1. The minimum absolute atomic E-state index is 0.127. The van der Waals surface area contributed by atoms with Gasteiger partial charge in [-0.25, -0.2) is 0 Å². The molecule has 6 aromatic rings. The van der Waals surface area contributed by atoms with Gasteiger partial charge < -0.3 is 23.8 Å². The van der Waals surface area contributed by atoms with Crippen molar-refractivity contribution >= 4 is 22.5 Å². The highest BCUT2D eigenvalue weighted by atomic mass is 16.5. The zero-order valence-corrected chi connectivity index (χ0v) is 34.7. The lowest BCUT2D eigenvalue weighted by atomic mass is 9.52. The molecule has 2 aliphatic heterocycles. The van der Waals surface area contributed by atoms with Gasteiger partial charge in [-0.2, -0.15) is 0 Å². The summed E-state index contributed by atoms with van der Waals surface area (Å²) < 4.78 is 25.3. The molecule has 2 heterocycles. The summed E-state index contributed by atoms with van der Waals surface area (Å²) in [7, 11) is 3.48. The smallest absolute Gasteiger partial charge is 0.178 e. The normalized spacial score (nSPS) is 20.9. The van der Waals surface area contributed by atoms with Crippen molar-refractivity contribution in [3.05, 3.63) is 149 Å². The Morgan fingerprint density at radius 3 is 2.00 bits per heavy atom. The van der Waals surface area contributed by atoms with Crippen LogP contribution >= 0.6 is 0 Å². The molecule has 0 N–H and O–H groups in total. The second kappa shape index (κ2) is 13.5. The molecule has 0 amide bonds.